The average molecular weight is 2090 g/mol. The van der Waals surface area contributed by atoms with Crippen LogP contribution in [0.25, 0.3) is 10.9 Å². The Morgan fingerprint density at radius 2 is 0.601 bits per heavy atom. The zero-order chi connectivity index (χ0) is 110. The number of aliphatic hydroxyl groups excluding tert-OH is 2. The molecule has 0 bridgehead atoms. The number of benzene rings is 2. The Bertz CT molecular complexity index is 5120. The minimum Gasteiger partial charge on any atom is -0.481 e. The number of amides is 21. The number of carbonyl (C=O) groups is 23. The fourth-order valence-corrected chi connectivity index (χ4v) is 13.2. The summed E-state index contributed by atoms with van der Waals surface area (Å²) >= 11 is 0. The number of carbonyl (C=O) groups excluding carboxylic acids is 21. The van der Waals surface area contributed by atoms with Crippen LogP contribution >= 0.6 is 0 Å². The molecule has 2 aromatic carbocycles. The second kappa shape index (κ2) is 68.1. The number of hydrogen-bond acceptors (Lipinski definition) is 30. The highest BCUT2D eigenvalue weighted by Gasteiger charge is 2.35. The Kier molecular flexibility index (Phi) is 57.5. The molecule has 11 atom stereocenters. The first-order chi connectivity index (χ1) is 70.1. The Labute approximate surface area is 846 Å². The molecule has 148 heavy (non-hydrogen) atoms. The maximum absolute atomic E-state index is 14.3. The first-order valence-electron chi connectivity index (χ1n) is 46.4. The summed E-state index contributed by atoms with van der Waals surface area (Å²) in [5, 5.41) is 126. The van der Waals surface area contributed by atoms with Crippen LogP contribution in [0, 0.1) is 27.6 Å². The van der Waals surface area contributed by atoms with Crippen LogP contribution in [-0.2, 0) is 123 Å². The summed E-state index contributed by atoms with van der Waals surface area (Å²) in [6.07, 6.45) is -0.260. The first-order valence-corrected chi connectivity index (χ1v) is 46.4. The quantitative estimate of drug-likeness (QED) is 0.0142. The van der Waals surface area contributed by atoms with Crippen LogP contribution in [0.15, 0.2) is 60.8 Å². The number of rotatable bonds is 70. The Morgan fingerprint density at radius 3 is 0.953 bits per heavy atom. The van der Waals surface area contributed by atoms with Crippen LogP contribution in [0.5, 0.6) is 0 Å². The van der Waals surface area contributed by atoms with Gasteiger partial charge in [0.15, 0.2) is 23.8 Å². The maximum atomic E-state index is 14.3. The molecule has 0 aliphatic carbocycles. The molecule has 62 heteroatoms. The number of nitrogens with one attached hydrogen (secondary N) is 30. The summed E-state index contributed by atoms with van der Waals surface area (Å²) in [7, 11) is 0. The van der Waals surface area contributed by atoms with Crippen molar-refractivity contribution in [3.63, 3.8) is 0 Å². The normalized spacial score (nSPS) is 12.9. The monoisotopic (exact) mass is 2090 g/mol. The van der Waals surface area contributed by atoms with Gasteiger partial charge in [-0.15, -0.1) is 0 Å². The zero-order valence-electron chi connectivity index (χ0n) is 81.5. The van der Waals surface area contributed by atoms with Crippen molar-refractivity contribution in [2.45, 2.75) is 171 Å². The molecule has 21 amide bonds. The van der Waals surface area contributed by atoms with Crippen molar-refractivity contribution in [3.05, 3.63) is 71.9 Å². The van der Waals surface area contributed by atoms with Gasteiger partial charge < -0.3 is 187 Å². The zero-order valence-corrected chi connectivity index (χ0v) is 81.5. The largest absolute Gasteiger partial charge is 0.481 e. The van der Waals surface area contributed by atoms with Crippen LogP contribution in [0.3, 0.4) is 0 Å². The molecular formula is C86H135N35O27. The van der Waals surface area contributed by atoms with Crippen LogP contribution in [0.2, 0.25) is 0 Å². The molecule has 0 saturated carbocycles. The number of aromatic amines is 1. The number of aliphatic carboxylic acids is 2. The summed E-state index contributed by atoms with van der Waals surface area (Å²) in [6.45, 7) is -5.99. The minimum atomic E-state index is -1.68. The van der Waals surface area contributed by atoms with Gasteiger partial charge in [0, 0.05) is 62.5 Å². The summed E-state index contributed by atoms with van der Waals surface area (Å²) in [6, 6.07) is -0.917. The lowest BCUT2D eigenvalue weighted by Crippen LogP contribution is -2.59. The van der Waals surface area contributed by atoms with Crippen LogP contribution in [0.1, 0.15) is 103 Å². The van der Waals surface area contributed by atoms with Crippen LogP contribution in [0.4, 0.5) is 0 Å². The van der Waals surface area contributed by atoms with Gasteiger partial charge in [-0.25, -0.2) is 4.79 Å². The van der Waals surface area contributed by atoms with Gasteiger partial charge in [-0.3, -0.25) is 127 Å². The van der Waals surface area contributed by atoms with Crippen molar-refractivity contribution in [3.8, 4) is 0 Å². The standard InChI is InChI=1S/C86H135N35O27/c1-44(2)27-49(87)73(138)120-57(29-47-30-100-50-16-8-7-15-48(47)50)81(146)112-45(3)72(137)119-55(21-22-71(135)136)80(145)121-56(28-46-13-5-4-6-14-46)78(143)111-41-70(134)116-54(20-12-26-99-86(94)95)77(142)110-40-69(133)115-53(19-11-25-98-85(92)93)76(141)109-39-68(132)114-52(18-10-24-97-84(90)91)75(140)107-34-64(128)105-36-65(129)113-51(17-9-23-96-83(88)89)74(139)106-33-62(126)101-31-60(124)103-37-66(130)117-58(42-122)79(144)108-35-63(127)102-32-61(125)104-38-67(131)118-59(43-123)82(147)148/h4-8,13-16,30,44-45,49,51-59,100,122-123H,9-12,17-29,31-43,87H2,1-3H3,(H,101,126)(H,102,127)(H,103,124)(H,104,125)(H,105,128)(H,106,139)(H,107,140)(H,108,144)(H,109,141)(H,110,142)(H,111,143)(H,112,146)(H,113,129)(H,114,132)(H,115,133)(H,116,134)(H,117,130)(H,118,131)(H,119,137)(H,120,138)(H,121,145)(H,135,136)(H,147,148)(H4,88,89,96)(H4,90,91,97)(H4,92,93,98)(H4,94,95,99)/t45-,49-,51-,52-,53-,54-,55-,56-,57-,58-,59-/m0/s1. The number of aromatic nitrogens is 1. The summed E-state index contributed by atoms with van der Waals surface area (Å²) < 4.78 is 0. The van der Waals surface area contributed by atoms with Gasteiger partial charge in [-0.1, -0.05) is 62.4 Å². The van der Waals surface area contributed by atoms with E-state index in [4.69, 9.17) is 60.5 Å². The first kappa shape index (κ1) is 125. The number of para-hydroxylation sites is 1. The summed E-state index contributed by atoms with van der Waals surface area (Å²) in [4.78, 5) is 305. The second-order valence-electron chi connectivity index (χ2n) is 33.4. The highest BCUT2D eigenvalue weighted by Crippen LogP contribution is 2.20. The van der Waals surface area contributed by atoms with Crippen molar-refractivity contribution in [1.29, 1.82) is 21.6 Å². The molecule has 0 spiro atoms. The Hall–Kier alpha value is -17.2. The molecule has 0 aliphatic rings. The highest BCUT2D eigenvalue weighted by atomic mass is 16.4. The topological polar surface area (TPSA) is 1020 Å². The van der Waals surface area contributed by atoms with Crippen LogP contribution in [-0.4, -0.2) is 363 Å². The predicted molar refractivity (Wildman–Crippen MR) is 523 cm³/mol. The molecule has 3 rings (SSSR count). The lowest BCUT2D eigenvalue weighted by molar-refractivity contribution is -0.143. The molecule has 816 valence electrons. The van der Waals surface area contributed by atoms with Gasteiger partial charge in [-0.05, 0) is 94.2 Å². The van der Waals surface area contributed by atoms with E-state index in [0.717, 1.165) is 10.9 Å². The van der Waals surface area contributed by atoms with Gasteiger partial charge in [0.1, 0.15) is 60.4 Å². The molecule has 0 radical (unpaired) electrons. The van der Waals surface area contributed by atoms with Crippen molar-refractivity contribution in [1.82, 2.24) is 138 Å². The number of carboxylic acids is 2. The smallest absolute Gasteiger partial charge is 0.328 e. The fraction of sp³-hybridized carbons (Fsp3) is 0.523. The highest BCUT2D eigenvalue weighted by molar-refractivity contribution is 6.01. The number of aliphatic hydroxyl groups is 2. The van der Waals surface area contributed by atoms with E-state index in [2.05, 4.69) is 133 Å². The molecule has 0 fully saturated rings. The molecule has 0 saturated heterocycles. The molecule has 1 aromatic heterocycles. The third kappa shape index (κ3) is 53.2. The summed E-state index contributed by atoms with van der Waals surface area (Å²) in [5.41, 5.74) is 29.7. The third-order valence-electron chi connectivity index (χ3n) is 20.7. The van der Waals surface area contributed by atoms with Crippen LogP contribution < -0.4 is 162 Å². The third-order valence-corrected chi connectivity index (χ3v) is 20.7. The van der Waals surface area contributed by atoms with Crippen molar-refractivity contribution >= 4 is 171 Å². The molecule has 62 nitrogen and oxygen atoms in total. The minimum absolute atomic E-state index is 0.00584. The molecule has 0 unspecified atom stereocenters. The molecule has 1 heterocycles. The number of nitrogens with two attached hydrogens (primary N) is 5. The Morgan fingerprint density at radius 1 is 0.311 bits per heavy atom. The van der Waals surface area contributed by atoms with E-state index < -0.39 is 324 Å². The maximum Gasteiger partial charge on any atom is 0.328 e. The number of fused-ring (bicyclic) bond motifs is 1. The Balaban J connectivity index is 1.65. The second-order valence-corrected chi connectivity index (χ2v) is 33.4. The predicted octanol–water partition coefficient (Wildman–Crippen LogP) is -16.5. The van der Waals surface area contributed by atoms with Gasteiger partial charge in [0.2, 0.25) is 124 Å². The molecule has 0 aliphatic heterocycles. The molecular weight excluding hydrogens is 1960 g/mol. The summed E-state index contributed by atoms with van der Waals surface area (Å²) in [5.74, 6) is -25.2. The lowest BCUT2D eigenvalue weighted by Gasteiger charge is -2.26. The van der Waals surface area contributed by atoms with Crippen molar-refractivity contribution in [2.75, 3.05) is 111 Å². The van der Waals surface area contributed by atoms with E-state index in [1.807, 2.05) is 25.2 Å². The molecule has 3 aromatic rings. The van der Waals surface area contributed by atoms with Gasteiger partial charge in [0.25, 0.3) is 0 Å². The number of guanidine groups is 4. The van der Waals surface area contributed by atoms with E-state index >= 15 is 0 Å². The molecule has 44 N–H and O–H groups in total. The fourth-order valence-electron chi connectivity index (χ4n) is 13.2. The number of hydrogen-bond donors (Lipinski definition) is 39. The lowest BCUT2D eigenvalue weighted by atomic mass is 10.0. The van der Waals surface area contributed by atoms with E-state index in [0.29, 0.717) is 11.1 Å². The van der Waals surface area contributed by atoms with E-state index in [-0.39, 0.29) is 103 Å². The van der Waals surface area contributed by atoms with Gasteiger partial charge >= 0.3 is 11.9 Å². The SMILES string of the molecule is CC(C)C[C@H](N)C(=O)N[C@@H](Cc1c[nH]c2ccccc12)C(=O)N[C@@H](C)C(=O)N[C@@H](CCC(=O)O)C(=O)N[C@@H](Cc1ccccc1)C(=O)NCC(=O)N[C@@H](CCCNC(=N)N)C(=O)NCC(=O)N[C@@H](CCCNC(=N)N)C(=O)NCC(=O)N[C@@H](CCCNC(=N)N)C(=O)NCC(=O)NCC(=O)N[C@@H](CCCNC(=N)N)C(=O)NCC(=O)NCC(=O)NCC(=O)N[C@@H](CO)C(=O)NCC(=O)NCC(=O)NCC(=O)N[C@@H](CO)C(=O)O. The number of carboxylic acid groups (broad SMARTS) is 2. The van der Waals surface area contributed by atoms with Gasteiger partial charge in [0.05, 0.1) is 91.2 Å². The van der Waals surface area contributed by atoms with Gasteiger partial charge in [-0.2, -0.15) is 0 Å². The van der Waals surface area contributed by atoms with E-state index in [1.165, 1.54) is 6.92 Å². The number of H-pyrrole nitrogens is 1. The van der Waals surface area contributed by atoms with Crippen molar-refractivity contribution in [2.24, 2.45) is 34.6 Å². The van der Waals surface area contributed by atoms with Crippen molar-refractivity contribution < 1.29 is 131 Å². The average Bonchev–Trinajstić information content (AvgIpc) is 1.68. The van der Waals surface area contributed by atoms with E-state index in [9.17, 15) is 120 Å². The van der Waals surface area contributed by atoms with E-state index in [1.54, 1.807) is 54.7 Å².